The third-order valence-electron chi connectivity index (χ3n) is 5.18. The molecule has 0 radical (unpaired) electrons. The Hall–Kier alpha value is -3.38. The maximum Gasteiger partial charge on any atom is 0.210 e. The predicted molar refractivity (Wildman–Crippen MR) is 139 cm³/mol. The van der Waals surface area contributed by atoms with Gasteiger partial charge in [0.05, 0.1) is 12.7 Å². The van der Waals surface area contributed by atoms with E-state index >= 15 is 0 Å². The molecule has 0 saturated heterocycles. The average molecular weight is 481 g/mol. The van der Waals surface area contributed by atoms with Crippen LogP contribution >= 0.6 is 11.6 Å². The minimum Gasteiger partial charge on any atom is -0.382 e. The lowest BCUT2D eigenvalue weighted by Gasteiger charge is -2.24. The number of carbonyl (C=O) groups excluding carboxylic acids is 2. The summed E-state index contributed by atoms with van der Waals surface area (Å²) < 4.78 is 1.88. The molecule has 34 heavy (non-hydrogen) atoms. The molecule has 2 aromatic carbocycles. The molecule has 0 bridgehead atoms. The van der Waals surface area contributed by atoms with E-state index in [0.717, 1.165) is 30.2 Å². The lowest BCUT2D eigenvalue weighted by Crippen LogP contribution is -2.33. The molecule has 1 N–H and O–H groups in total. The average Bonchev–Trinajstić information content (AvgIpc) is 3.30. The van der Waals surface area contributed by atoms with Gasteiger partial charge in [0.15, 0.2) is 5.78 Å². The van der Waals surface area contributed by atoms with E-state index < -0.39 is 0 Å². The number of nitrogens with zero attached hydrogens (tertiary/aromatic N) is 3. The van der Waals surface area contributed by atoms with Crippen LogP contribution in [0.4, 0.5) is 5.69 Å². The number of fused-ring (bicyclic) bond motifs is 1. The van der Waals surface area contributed by atoms with Crippen molar-refractivity contribution in [3.8, 4) is 0 Å². The summed E-state index contributed by atoms with van der Waals surface area (Å²) in [5.41, 5.74) is 3.02. The number of aromatic nitrogens is 2. The summed E-state index contributed by atoms with van der Waals surface area (Å²) in [7, 11) is 0. The lowest BCUT2D eigenvalue weighted by atomic mass is 10.2. The van der Waals surface area contributed by atoms with Gasteiger partial charge in [-0.3, -0.25) is 9.59 Å². The van der Waals surface area contributed by atoms with Gasteiger partial charge in [0.2, 0.25) is 6.41 Å². The van der Waals surface area contributed by atoms with E-state index in [9.17, 15) is 9.59 Å². The van der Waals surface area contributed by atoms with Crippen LogP contribution in [-0.2, 0) is 24.3 Å². The number of benzene rings is 2. The van der Waals surface area contributed by atoms with Crippen LogP contribution in [0.2, 0.25) is 5.02 Å². The highest BCUT2D eigenvalue weighted by atomic mass is 35.5. The van der Waals surface area contributed by atoms with Crippen LogP contribution < -0.4 is 5.32 Å². The molecule has 3 aromatic rings. The number of amides is 1. The van der Waals surface area contributed by atoms with E-state index in [0.29, 0.717) is 25.3 Å². The zero-order valence-electron chi connectivity index (χ0n) is 20.1. The molecule has 0 fully saturated rings. The molecule has 1 aromatic heterocycles. The molecule has 0 atom stereocenters. The number of hydrogen-bond donors (Lipinski definition) is 1. The maximum absolute atomic E-state index is 11.2. The van der Waals surface area contributed by atoms with Crippen molar-refractivity contribution in [2.24, 2.45) is 0 Å². The molecule has 1 aliphatic rings. The lowest BCUT2D eigenvalue weighted by molar-refractivity contribution is -0.119. The largest absolute Gasteiger partial charge is 0.382 e. The highest BCUT2D eigenvalue weighted by molar-refractivity contribution is 6.31. The van der Waals surface area contributed by atoms with Crippen molar-refractivity contribution in [3.05, 3.63) is 95.1 Å². The first kappa shape index (κ1) is 26.9. The highest BCUT2D eigenvalue weighted by Gasteiger charge is 2.19. The highest BCUT2D eigenvalue weighted by Crippen LogP contribution is 2.14. The number of aryl methyl sites for hydroxylation is 1. The second-order valence-electron chi connectivity index (χ2n) is 7.60. The van der Waals surface area contributed by atoms with E-state index in [1.807, 2.05) is 60.0 Å². The van der Waals surface area contributed by atoms with Gasteiger partial charge in [-0.25, -0.2) is 4.98 Å². The molecule has 6 nitrogen and oxygen atoms in total. The second-order valence-corrected chi connectivity index (χ2v) is 8.01. The number of ketones is 1. The van der Waals surface area contributed by atoms with Gasteiger partial charge in [0.25, 0.3) is 0 Å². The zero-order valence-corrected chi connectivity index (χ0v) is 20.8. The van der Waals surface area contributed by atoms with Crippen molar-refractivity contribution in [1.82, 2.24) is 14.5 Å². The number of hydrogen-bond acceptors (Lipinski definition) is 4. The van der Waals surface area contributed by atoms with Crippen LogP contribution in [0.5, 0.6) is 0 Å². The first-order chi connectivity index (χ1) is 16.5. The first-order valence-electron chi connectivity index (χ1n) is 11.4. The summed E-state index contributed by atoms with van der Waals surface area (Å²) in [5.74, 6) is 0.803. The van der Waals surface area contributed by atoms with E-state index in [4.69, 9.17) is 11.6 Å². The smallest absolute Gasteiger partial charge is 0.210 e. The van der Waals surface area contributed by atoms with E-state index in [1.54, 1.807) is 11.1 Å². The molecule has 2 heterocycles. The number of anilines is 1. The van der Waals surface area contributed by atoms with Crippen molar-refractivity contribution < 1.29 is 9.59 Å². The van der Waals surface area contributed by atoms with Gasteiger partial charge < -0.3 is 14.8 Å². The quantitative estimate of drug-likeness (QED) is 0.282. The molecule has 0 spiro atoms. The van der Waals surface area contributed by atoms with Crippen molar-refractivity contribution in [1.29, 1.82) is 0 Å². The molecule has 4 rings (SSSR count). The minimum atomic E-state index is 0.0169. The first-order valence-corrected chi connectivity index (χ1v) is 11.8. The van der Waals surface area contributed by atoms with Crippen molar-refractivity contribution in [2.75, 3.05) is 18.4 Å². The number of para-hydroxylation sites is 1. The van der Waals surface area contributed by atoms with Crippen LogP contribution in [-0.4, -0.2) is 39.7 Å². The SMILES string of the molecule is C/C=C/CNc1ccccc1.CC(=O)c1cnc2n1CCN(C=O)C2.CCc1ccccc1Cl. The van der Waals surface area contributed by atoms with Gasteiger partial charge in [-0.15, -0.1) is 0 Å². The Morgan fingerprint density at radius 2 is 1.82 bits per heavy atom. The standard InChI is InChI=1S/C10H13N.C9H11N3O2.C8H9Cl/c1-2-3-9-11-10-7-5-4-6-8-10;1-7(14)8-4-10-9-5-11(6-13)2-3-12(8)9;1-2-7-5-3-4-6-8(7)9/h2-8,11H,9H2,1H3;4,6H,2-3,5H2,1H3;3-6H,2H2,1H3/b3-2+;;. The fourth-order valence-corrected chi connectivity index (χ4v) is 3.55. The number of allylic oxidation sites excluding steroid dienone is 1. The van der Waals surface area contributed by atoms with Crippen LogP contribution in [0.25, 0.3) is 0 Å². The summed E-state index contributed by atoms with van der Waals surface area (Å²) >= 11 is 5.82. The van der Waals surface area contributed by atoms with Crippen LogP contribution in [0, 0.1) is 0 Å². The molecule has 0 unspecified atom stereocenters. The number of halogens is 1. The van der Waals surface area contributed by atoms with Crippen molar-refractivity contribution >= 4 is 29.5 Å². The maximum atomic E-state index is 11.2. The van der Waals surface area contributed by atoms with Gasteiger partial charge >= 0.3 is 0 Å². The van der Waals surface area contributed by atoms with Crippen molar-refractivity contribution in [3.63, 3.8) is 0 Å². The fraction of sp³-hybridized carbons (Fsp3) is 0.296. The number of Topliss-reactive ketones (excluding diaryl/α,β-unsaturated/α-hetero) is 1. The number of nitrogens with one attached hydrogen (secondary N) is 1. The second kappa shape index (κ2) is 14.7. The van der Waals surface area contributed by atoms with Crippen LogP contribution in [0.1, 0.15) is 42.6 Å². The van der Waals surface area contributed by atoms with Gasteiger partial charge in [-0.05, 0) is 37.1 Å². The molecular weight excluding hydrogens is 448 g/mol. The Balaban J connectivity index is 0.000000185. The topological polar surface area (TPSA) is 67.2 Å². The van der Waals surface area contributed by atoms with Gasteiger partial charge in [-0.1, -0.05) is 67.1 Å². The van der Waals surface area contributed by atoms with Crippen molar-refractivity contribution in [2.45, 2.75) is 40.3 Å². The fourth-order valence-electron chi connectivity index (χ4n) is 3.29. The number of carbonyl (C=O) groups is 2. The number of rotatable bonds is 6. The Kier molecular flexibility index (Phi) is 11.6. The molecule has 1 amide bonds. The molecular formula is C27H33ClN4O2. The summed E-state index contributed by atoms with van der Waals surface area (Å²) in [4.78, 5) is 27.5. The third kappa shape index (κ3) is 8.52. The molecule has 180 valence electrons. The van der Waals surface area contributed by atoms with Gasteiger partial charge in [-0.2, -0.15) is 0 Å². The van der Waals surface area contributed by atoms with Crippen LogP contribution in [0.15, 0.2) is 72.9 Å². The van der Waals surface area contributed by atoms with E-state index in [1.165, 1.54) is 18.2 Å². The monoisotopic (exact) mass is 480 g/mol. The van der Waals surface area contributed by atoms with Crippen LogP contribution in [0.3, 0.4) is 0 Å². The Bertz CT molecular complexity index is 1060. The third-order valence-corrected chi connectivity index (χ3v) is 5.54. The summed E-state index contributed by atoms with van der Waals surface area (Å²) in [6, 6.07) is 18.1. The molecule has 1 aliphatic heterocycles. The molecule has 0 saturated carbocycles. The molecule has 7 heteroatoms. The van der Waals surface area contributed by atoms with Gasteiger partial charge in [0, 0.05) is 37.3 Å². The summed E-state index contributed by atoms with van der Waals surface area (Å²) in [6.07, 6.45) is 7.53. The van der Waals surface area contributed by atoms with E-state index in [-0.39, 0.29) is 5.78 Å². The summed E-state index contributed by atoms with van der Waals surface area (Å²) in [5, 5.41) is 4.13. The Morgan fingerprint density at radius 1 is 1.12 bits per heavy atom. The minimum absolute atomic E-state index is 0.0169. The van der Waals surface area contributed by atoms with Gasteiger partial charge in [0.1, 0.15) is 11.5 Å². The zero-order chi connectivity index (χ0) is 24.8. The Morgan fingerprint density at radius 3 is 2.41 bits per heavy atom. The normalized spacial score (nSPS) is 12.1. The Labute approximate surface area is 207 Å². The van der Waals surface area contributed by atoms with E-state index in [2.05, 4.69) is 35.4 Å². The number of imidazole rings is 1. The predicted octanol–water partition coefficient (Wildman–Crippen LogP) is 5.63. The molecule has 0 aliphatic carbocycles. The summed E-state index contributed by atoms with van der Waals surface area (Å²) in [6.45, 7) is 8.34.